The van der Waals surface area contributed by atoms with Gasteiger partial charge in [-0.3, -0.25) is 4.79 Å². The molecule has 134 valence electrons. The van der Waals surface area contributed by atoms with Crippen LogP contribution in [0.2, 0.25) is 0 Å². The van der Waals surface area contributed by atoms with Crippen molar-refractivity contribution in [1.82, 2.24) is 4.98 Å². The first-order valence-corrected chi connectivity index (χ1v) is 9.31. The quantitative estimate of drug-likeness (QED) is 0.649. The van der Waals surface area contributed by atoms with Gasteiger partial charge in [-0.1, -0.05) is 48.0 Å². The number of pyridine rings is 1. The summed E-state index contributed by atoms with van der Waals surface area (Å²) < 4.78 is 0. The van der Waals surface area contributed by atoms with E-state index in [1.165, 1.54) is 5.56 Å². The van der Waals surface area contributed by atoms with Crippen molar-refractivity contribution in [3.63, 3.8) is 0 Å². The Labute approximate surface area is 159 Å². The summed E-state index contributed by atoms with van der Waals surface area (Å²) in [6, 6.07) is 19.8. The third-order valence-corrected chi connectivity index (χ3v) is 5.35. The fourth-order valence-electron chi connectivity index (χ4n) is 3.81. The Hall–Kier alpha value is -3.19. The molecule has 0 saturated carbocycles. The van der Waals surface area contributed by atoms with Gasteiger partial charge in [0.2, 0.25) is 0 Å². The molecule has 1 aliphatic heterocycles. The second kappa shape index (κ2) is 7.20. The Balaban J connectivity index is 1.54. The molecule has 0 bridgehead atoms. The Morgan fingerprint density at radius 3 is 2.52 bits per heavy atom. The molecule has 0 radical (unpaired) electrons. The second-order valence-corrected chi connectivity index (χ2v) is 7.15. The second-order valence-electron chi connectivity index (χ2n) is 7.15. The molecule has 4 rings (SSSR count). The maximum Gasteiger partial charge on any atom is 0.166 e. The van der Waals surface area contributed by atoms with Gasteiger partial charge in [-0.15, -0.1) is 0 Å². The number of hydrogen-bond donors (Lipinski definition) is 0. The Kier molecular flexibility index (Phi) is 4.60. The van der Waals surface area contributed by atoms with Crippen LogP contribution in [0.3, 0.4) is 0 Å². The predicted molar refractivity (Wildman–Crippen MR) is 107 cm³/mol. The summed E-state index contributed by atoms with van der Waals surface area (Å²) in [7, 11) is 0. The number of aryl methyl sites for hydroxylation is 1. The zero-order valence-corrected chi connectivity index (χ0v) is 15.4. The molecule has 1 aliphatic rings. The summed E-state index contributed by atoms with van der Waals surface area (Å²) in [5.41, 5.74) is 4.28. The number of Topliss-reactive ketones (excluding diaryl/α,β-unsaturated/α-hetero) is 1. The van der Waals surface area contributed by atoms with Crippen molar-refractivity contribution in [3.8, 4) is 6.07 Å². The van der Waals surface area contributed by atoms with E-state index in [9.17, 15) is 10.1 Å². The standard InChI is InChI=1S/C23H21N3O/c1-16-6-8-17(9-7-16)23(27)18-10-12-26(13-11-18)22-14-19(15-24)25-21-5-3-2-4-20(21)22/h2-9,14,18H,10-13H2,1H3. The zero-order valence-electron chi connectivity index (χ0n) is 15.4. The van der Waals surface area contributed by atoms with Crippen molar-refractivity contribution < 1.29 is 4.79 Å². The minimum absolute atomic E-state index is 0.0625. The summed E-state index contributed by atoms with van der Waals surface area (Å²) in [6.07, 6.45) is 1.65. The first kappa shape index (κ1) is 17.2. The molecule has 0 aliphatic carbocycles. The lowest BCUT2D eigenvalue weighted by Gasteiger charge is -2.33. The van der Waals surface area contributed by atoms with Crippen LogP contribution in [0, 0.1) is 24.2 Å². The first-order valence-electron chi connectivity index (χ1n) is 9.31. The Morgan fingerprint density at radius 1 is 1.11 bits per heavy atom. The van der Waals surface area contributed by atoms with Gasteiger partial charge in [0.05, 0.1) is 5.52 Å². The van der Waals surface area contributed by atoms with Crippen LogP contribution >= 0.6 is 0 Å². The number of benzene rings is 2. The number of piperidine rings is 1. The van der Waals surface area contributed by atoms with E-state index in [2.05, 4.69) is 16.0 Å². The average molecular weight is 355 g/mol. The number of anilines is 1. The number of carbonyl (C=O) groups excluding carboxylic acids is 1. The topological polar surface area (TPSA) is 57.0 Å². The normalized spacial score (nSPS) is 14.9. The lowest BCUT2D eigenvalue weighted by molar-refractivity contribution is 0.0900. The number of nitrogens with zero attached hydrogens (tertiary/aromatic N) is 3. The van der Waals surface area contributed by atoms with Crippen LogP contribution in [-0.4, -0.2) is 23.9 Å². The summed E-state index contributed by atoms with van der Waals surface area (Å²) in [4.78, 5) is 19.5. The lowest BCUT2D eigenvalue weighted by atomic mass is 9.88. The van der Waals surface area contributed by atoms with Crippen LogP contribution in [0.1, 0.15) is 34.5 Å². The summed E-state index contributed by atoms with van der Waals surface area (Å²) in [5.74, 6) is 0.305. The van der Waals surface area contributed by atoms with E-state index in [0.717, 1.165) is 48.1 Å². The van der Waals surface area contributed by atoms with E-state index in [-0.39, 0.29) is 11.7 Å². The number of carbonyl (C=O) groups is 1. The molecule has 0 atom stereocenters. The number of ketones is 1. The van der Waals surface area contributed by atoms with Crippen LogP contribution in [0.15, 0.2) is 54.6 Å². The molecule has 1 aromatic heterocycles. The summed E-state index contributed by atoms with van der Waals surface area (Å²) in [5, 5.41) is 10.4. The highest BCUT2D eigenvalue weighted by Crippen LogP contribution is 2.31. The van der Waals surface area contributed by atoms with Gasteiger partial charge < -0.3 is 4.90 Å². The Bertz CT molecular complexity index is 1030. The SMILES string of the molecule is Cc1ccc(C(=O)C2CCN(c3cc(C#N)nc4ccccc34)CC2)cc1. The van der Waals surface area contributed by atoms with Crippen molar-refractivity contribution in [2.75, 3.05) is 18.0 Å². The number of aromatic nitrogens is 1. The van der Waals surface area contributed by atoms with E-state index < -0.39 is 0 Å². The predicted octanol–water partition coefficient (Wildman–Crippen LogP) is 4.51. The minimum Gasteiger partial charge on any atom is -0.371 e. The van der Waals surface area contributed by atoms with Crippen LogP contribution < -0.4 is 4.90 Å². The summed E-state index contributed by atoms with van der Waals surface area (Å²) >= 11 is 0. The maximum absolute atomic E-state index is 12.8. The molecule has 0 unspecified atom stereocenters. The van der Waals surface area contributed by atoms with Crippen molar-refractivity contribution in [2.24, 2.45) is 5.92 Å². The van der Waals surface area contributed by atoms with Gasteiger partial charge in [0.25, 0.3) is 0 Å². The minimum atomic E-state index is 0.0625. The molecule has 4 heteroatoms. The monoisotopic (exact) mass is 355 g/mol. The van der Waals surface area contributed by atoms with Gasteiger partial charge in [-0.25, -0.2) is 4.98 Å². The van der Waals surface area contributed by atoms with Crippen molar-refractivity contribution in [3.05, 3.63) is 71.4 Å². The molecule has 27 heavy (non-hydrogen) atoms. The number of rotatable bonds is 3. The number of hydrogen-bond acceptors (Lipinski definition) is 4. The molecule has 0 amide bonds. The summed E-state index contributed by atoms with van der Waals surface area (Å²) in [6.45, 7) is 3.64. The largest absolute Gasteiger partial charge is 0.371 e. The molecule has 2 heterocycles. The van der Waals surface area contributed by atoms with Gasteiger partial charge in [-0.2, -0.15) is 5.26 Å². The smallest absolute Gasteiger partial charge is 0.166 e. The van der Waals surface area contributed by atoms with Gasteiger partial charge in [0, 0.05) is 35.6 Å². The molecule has 3 aromatic rings. The molecular formula is C23H21N3O. The Morgan fingerprint density at radius 2 is 1.81 bits per heavy atom. The first-order chi connectivity index (χ1) is 13.2. The average Bonchev–Trinajstić information content (AvgIpc) is 2.73. The van der Waals surface area contributed by atoms with Crippen LogP contribution in [0.5, 0.6) is 0 Å². The molecule has 1 saturated heterocycles. The lowest BCUT2D eigenvalue weighted by Crippen LogP contribution is -2.36. The molecule has 0 spiro atoms. The fraction of sp³-hybridized carbons (Fsp3) is 0.261. The van der Waals surface area contributed by atoms with E-state index in [1.807, 2.05) is 61.5 Å². The molecular weight excluding hydrogens is 334 g/mol. The molecule has 1 fully saturated rings. The van der Waals surface area contributed by atoms with Gasteiger partial charge in [0.1, 0.15) is 11.8 Å². The van der Waals surface area contributed by atoms with Crippen LogP contribution in [0.25, 0.3) is 10.9 Å². The third kappa shape index (κ3) is 3.41. The van der Waals surface area contributed by atoms with Crippen molar-refractivity contribution in [2.45, 2.75) is 19.8 Å². The van der Waals surface area contributed by atoms with Gasteiger partial charge in [-0.05, 0) is 31.9 Å². The number of nitriles is 1. The van der Waals surface area contributed by atoms with Crippen LogP contribution in [0.4, 0.5) is 5.69 Å². The maximum atomic E-state index is 12.8. The molecule has 0 N–H and O–H groups in total. The fourth-order valence-corrected chi connectivity index (χ4v) is 3.81. The van der Waals surface area contributed by atoms with Crippen molar-refractivity contribution in [1.29, 1.82) is 5.26 Å². The van der Waals surface area contributed by atoms with Gasteiger partial charge >= 0.3 is 0 Å². The highest BCUT2D eigenvalue weighted by molar-refractivity contribution is 5.98. The van der Waals surface area contributed by atoms with Crippen molar-refractivity contribution >= 4 is 22.4 Å². The number of para-hydroxylation sites is 1. The van der Waals surface area contributed by atoms with Gasteiger partial charge in [0.15, 0.2) is 5.78 Å². The highest BCUT2D eigenvalue weighted by atomic mass is 16.1. The zero-order chi connectivity index (χ0) is 18.8. The highest BCUT2D eigenvalue weighted by Gasteiger charge is 2.26. The number of fused-ring (bicyclic) bond motifs is 1. The van der Waals surface area contributed by atoms with E-state index in [1.54, 1.807) is 0 Å². The van der Waals surface area contributed by atoms with E-state index in [0.29, 0.717) is 5.69 Å². The molecule has 2 aromatic carbocycles. The molecule has 4 nitrogen and oxygen atoms in total. The van der Waals surface area contributed by atoms with E-state index in [4.69, 9.17) is 0 Å². The van der Waals surface area contributed by atoms with E-state index >= 15 is 0 Å². The van der Waals surface area contributed by atoms with Crippen LogP contribution in [-0.2, 0) is 0 Å². The third-order valence-electron chi connectivity index (χ3n) is 5.35.